The Balaban J connectivity index is 2.57. The summed E-state index contributed by atoms with van der Waals surface area (Å²) in [5, 5.41) is 1.46. The third-order valence-electron chi connectivity index (χ3n) is 2.28. The first-order valence-corrected chi connectivity index (χ1v) is 6.91. The van der Waals surface area contributed by atoms with Crippen molar-refractivity contribution in [2.45, 2.75) is 13.8 Å². The molecule has 0 spiro atoms. The number of carbonyl (C=O) groups excluding carboxylic acids is 1. The Morgan fingerprint density at radius 1 is 1.47 bits per heavy atom. The molecule has 1 aromatic carbocycles. The van der Waals surface area contributed by atoms with Crippen molar-refractivity contribution in [2.24, 2.45) is 0 Å². The maximum absolute atomic E-state index is 11.4. The number of aromatic nitrogens is 1. The van der Waals surface area contributed by atoms with Crippen LogP contribution in [0.1, 0.15) is 22.3 Å². The van der Waals surface area contributed by atoms with Crippen LogP contribution >= 0.6 is 38.9 Å². The van der Waals surface area contributed by atoms with E-state index in [4.69, 9.17) is 11.6 Å². The lowest BCUT2D eigenvalue weighted by atomic mass is 10.2. The van der Waals surface area contributed by atoms with Crippen LogP contribution in [-0.2, 0) is 0 Å². The second-order valence-corrected chi connectivity index (χ2v) is 5.90. The summed E-state index contributed by atoms with van der Waals surface area (Å²) in [4.78, 5) is 16.5. The SMILES string of the molecule is CC(=O)c1sc(-c2cc(Cl)ccc2Br)nc1C. The molecule has 0 saturated carbocycles. The minimum absolute atomic E-state index is 0.0457. The van der Waals surface area contributed by atoms with Crippen LogP contribution in [0.25, 0.3) is 10.6 Å². The highest BCUT2D eigenvalue weighted by atomic mass is 79.9. The fourth-order valence-electron chi connectivity index (χ4n) is 1.50. The minimum atomic E-state index is 0.0457. The second-order valence-electron chi connectivity index (χ2n) is 3.61. The summed E-state index contributed by atoms with van der Waals surface area (Å²) in [7, 11) is 0. The van der Waals surface area contributed by atoms with Crippen molar-refractivity contribution in [3.05, 3.63) is 38.3 Å². The summed E-state index contributed by atoms with van der Waals surface area (Å²) < 4.78 is 0.922. The topological polar surface area (TPSA) is 30.0 Å². The Bertz CT molecular complexity index is 594. The molecule has 1 aromatic heterocycles. The molecule has 0 aliphatic carbocycles. The zero-order chi connectivity index (χ0) is 12.6. The first-order chi connectivity index (χ1) is 7.99. The molecule has 0 bridgehead atoms. The van der Waals surface area contributed by atoms with Crippen LogP contribution < -0.4 is 0 Å². The Labute approximate surface area is 117 Å². The summed E-state index contributed by atoms with van der Waals surface area (Å²) >= 11 is 10.8. The van der Waals surface area contributed by atoms with E-state index in [0.29, 0.717) is 9.90 Å². The number of nitrogens with zero attached hydrogens (tertiary/aromatic N) is 1. The van der Waals surface area contributed by atoms with Crippen molar-refractivity contribution < 1.29 is 4.79 Å². The van der Waals surface area contributed by atoms with Gasteiger partial charge in [0.2, 0.25) is 0 Å². The van der Waals surface area contributed by atoms with Crippen molar-refractivity contribution >= 4 is 44.7 Å². The van der Waals surface area contributed by atoms with E-state index in [1.165, 1.54) is 11.3 Å². The van der Waals surface area contributed by atoms with Gasteiger partial charge in [0.1, 0.15) is 5.01 Å². The molecule has 5 heteroatoms. The lowest BCUT2D eigenvalue weighted by Gasteiger charge is -2.00. The van der Waals surface area contributed by atoms with E-state index in [1.807, 2.05) is 25.1 Å². The zero-order valence-corrected chi connectivity index (χ0v) is 12.4. The molecule has 88 valence electrons. The fraction of sp³-hybridized carbons (Fsp3) is 0.167. The lowest BCUT2D eigenvalue weighted by molar-refractivity contribution is 0.102. The average molecular weight is 331 g/mol. The molecule has 2 aromatic rings. The second kappa shape index (κ2) is 4.88. The quantitative estimate of drug-likeness (QED) is 0.745. The average Bonchev–Trinajstić information content (AvgIpc) is 2.64. The largest absolute Gasteiger partial charge is 0.294 e. The van der Waals surface area contributed by atoms with Gasteiger partial charge in [-0.25, -0.2) is 4.98 Å². The van der Waals surface area contributed by atoms with Gasteiger partial charge in [0.05, 0.1) is 10.6 Å². The molecule has 0 fully saturated rings. The molecule has 0 aliphatic rings. The van der Waals surface area contributed by atoms with Gasteiger partial charge in [-0.15, -0.1) is 11.3 Å². The molecule has 2 nitrogen and oxygen atoms in total. The lowest BCUT2D eigenvalue weighted by Crippen LogP contribution is -1.89. The number of halogens is 2. The number of hydrogen-bond donors (Lipinski definition) is 0. The molecule has 0 atom stereocenters. The summed E-state index contributed by atoms with van der Waals surface area (Å²) in [5.41, 5.74) is 1.68. The third kappa shape index (κ3) is 2.59. The van der Waals surface area contributed by atoms with Crippen molar-refractivity contribution in [2.75, 3.05) is 0 Å². The van der Waals surface area contributed by atoms with Gasteiger partial charge in [-0.3, -0.25) is 4.79 Å². The maximum Gasteiger partial charge on any atom is 0.171 e. The fourth-order valence-corrected chi connectivity index (χ4v) is 3.23. The van der Waals surface area contributed by atoms with E-state index >= 15 is 0 Å². The molecule has 0 radical (unpaired) electrons. The highest BCUT2D eigenvalue weighted by Crippen LogP contribution is 2.34. The number of ketones is 1. The monoisotopic (exact) mass is 329 g/mol. The molecule has 17 heavy (non-hydrogen) atoms. The summed E-state index contributed by atoms with van der Waals surface area (Å²) in [6.45, 7) is 3.40. The third-order valence-corrected chi connectivity index (χ3v) is 4.49. The summed E-state index contributed by atoms with van der Waals surface area (Å²) in [6.07, 6.45) is 0. The number of benzene rings is 1. The van der Waals surface area contributed by atoms with Crippen LogP contribution in [0, 0.1) is 6.92 Å². The van der Waals surface area contributed by atoms with Crippen LogP contribution in [-0.4, -0.2) is 10.8 Å². The Morgan fingerprint density at radius 2 is 2.18 bits per heavy atom. The van der Waals surface area contributed by atoms with Crippen molar-refractivity contribution in [1.29, 1.82) is 0 Å². The zero-order valence-electron chi connectivity index (χ0n) is 9.25. The normalized spacial score (nSPS) is 10.6. The van der Waals surface area contributed by atoms with Crippen molar-refractivity contribution in [3.8, 4) is 10.6 Å². The molecular formula is C12H9BrClNOS. The van der Waals surface area contributed by atoms with Gasteiger partial charge >= 0.3 is 0 Å². The number of thiazole rings is 1. The van der Waals surface area contributed by atoms with Gasteiger partial charge < -0.3 is 0 Å². The van der Waals surface area contributed by atoms with Crippen LogP contribution in [0.4, 0.5) is 0 Å². The molecule has 0 saturated heterocycles. The van der Waals surface area contributed by atoms with E-state index in [0.717, 1.165) is 20.7 Å². The van der Waals surface area contributed by atoms with E-state index in [9.17, 15) is 4.79 Å². The van der Waals surface area contributed by atoms with E-state index < -0.39 is 0 Å². The highest BCUT2D eigenvalue weighted by molar-refractivity contribution is 9.10. The number of hydrogen-bond acceptors (Lipinski definition) is 3. The molecule has 1 heterocycles. The number of Topliss-reactive ketones (excluding diaryl/α,β-unsaturated/α-hetero) is 1. The van der Waals surface area contributed by atoms with E-state index in [2.05, 4.69) is 20.9 Å². The van der Waals surface area contributed by atoms with Gasteiger partial charge in [0, 0.05) is 22.0 Å². The van der Waals surface area contributed by atoms with Gasteiger partial charge in [0.15, 0.2) is 5.78 Å². The molecule has 0 unspecified atom stereocenters. The summed E-state index contributed by atoms with van der Waals surface area (Å²) in [5.74, 6) is 0.0457. The molecule has 0 N–H and O–H groups in total. The highest BCUT2D eigenvalue weighted by Gasteiger charge is 2.14. The van der Waals surface area contributed by atoms with Gasteiger partial charge in [-0.05, 0) is 25.1 Å². The molecular weight excluding hydrogens is 322 g/mol. The van der Waals surface area contributed by atoms with Crippen LogP contribution in [0.3, 0.4) is 0 Å². The van der Waals surface area contributed by atoms with E-state index in [1.54, 1.807) is 6.92 Å². The van der Waals surface area contributed by atoms with Gasteiger partial charge in [0.25, 0.3) is 0 Å². The van der Waals surface area contributed by atoms with Crippen LogP contribution in [0.2, 0.25) is 5.02 Å². The maximum atomic E-state index is 11.4. The number of rotatable bonds is 2. The van der Waals surface area contributed by atoms with Crippen molar-refractivity contribution in [1.82, 2.24) is 4.98 Å². The number of aryl methyl sites for hydroxylation is 1. The number of carbonyl (C=O) groups is 1. The Morgan fingerprint density at radius 3 is 2.76 bits per heavy atom. The molecule has 0 amide bonds. The Hall–Kier alpha value is -0.710. The van der Waals surface area contributed by atoms with Crippen LogP contribution in [0.5, 0.6) is 0 Å². The molecule has 2 rings (SSSR count). The predicted octanol–water partition coefficient (Wildman–Crippen LogP) is 4.74. The van der Waals surface area contributed by atoms with Crippen LogP contribution in [0.15, 0.2) is 22.7 Å². The molecule has 0 aliphatic heterocycles. The smallest absolute Gasteiger partial charge is 0.171 e. The van der Waals surface area contributed by atoms with Gasteiger partial charge in [-0.1, -0.05) is 27.5 Å². The van der Waals surface area contributed by atoms with Gasteiger partial charge in [-0.2, -0.15) is 0 Å². The predicted molar refractivity (Wildman–Crippen MR) is 75.0 cm³/mol. The Kier molecular flexibility index (Phi) is 3.66. The summed E-state index contributed by atoms with van der Waals surface area (Å²) in [6, 6.07) is 5.52. The standard InChI is InChI=1S/C12H9BrClNOS/c1-6-11(7(2)16)17-12(15-6)9-5-8(14)3-4-10(9)13/h3-5H,1-2H3. The van der Waals surface area contributed by atoms with E-state index in [-0.39, 0.29) is 5.78 Å². The first-order valence-electron chi connectivity index (χ1n) is 4.93. The van der Waals surface area contributed by atoms with Crippen molar-refractivity contribution in [3.63, 3.8) is 0 Å². The first kappa shape index (κ1) is 12.7. The minimum Gasteiger partial charge on any atom is -0.294 e.